The Morgan fingerprint density at radius 1 is 0.929 bits per heavy atom. The summed E-state index contributed by atoms with van der Waals surface area (Å²) in [4.78, 5) is 1.04. The predicted octanol–water partition coefficient (Wildman–Crippen LogP) is 4.98. The number of halogens is 2. The summed E-state index contributed by atoms with van der Waals surface area (Å²) in [6, 6.07) is 0. The molecule has 0 bridgehead atoms. The molecule has 2 unspecified atom stereocenters. The number of hydrogen-bond donors (Lipinski definition) is 0. The Kier molecular flexibility index (Phi) is 6.88. The second-order valence-corrected chi connectivity index (χ2v) is 6.00. The molecule has 0 aromatic carbocycles. The highest BCUT2D eigenvalue weighted by Crippen LogP contribution is 2.22. The minimum absolute atomic E-state index is 0.464. The van der Waals surface area contributed by atoms with Crippen molar-refractivity contribution in [1.29, 1.82) is 0 Å². The molecule has 0 saturated heterocycles. The number of hydrogen-bond acceptors (Lipinski definition) is 0. The average Bonchev–Trinajstić information content (AvgIpc) is 2.18. The topological polar surface area (TPSA) is 0 Å². The van der Waals surface area contributed by atoms with Crippen LogP contribution in [0.15, 0.2) is 24.3 Å². The van der Waals surface area contributed by atoms with E-state index in [0.29, 0.717) is 9.65 Å². The van der Waals surface area contributed by atoms with Crippen molar-refractivity contribution in [3.8, 4) is 0 Å². The number of allylic oxidation sites excluding steroid dienone is 4. The van der Waals surface area contributed by atoms with Crippen LogP contribution in [0.1, 0.15) is 38.5 Å². The third-order valence-electron chi connectivity index (χ3n) is 2.49. The van der Waals surface area contributed by atoms with Gasteiger partial charge in [0.15, 0.2) is 0 Å². The lowest BCUT2D eigenvalue weighted by molar-refractivity contribution is 0.612. The summed E-state index contributed by atoms with van der Waals surface area (Å²) in [6.45, 7) is 0. The van der Waals surface area contributed by atoms with Crippen molar-refractivity contribution >= 4 is 31.9 Å². The maximum Gasteiger partial charge on any atom is 0.0453 e. The van der Waals surface area contributed by atoms with Crippen molar-refractivity contribution in [2.75, 3.05) is 0 Å². The lowest BCUT2D eigenvalue weighted by Gasteiger charge is -2.13. The van der Waals surface area contributed by atoms with Gasteiger partial charge in [-0.15, -0.1) is 0 Å². The summed E-state index contributed by atoms with van der Waals surface area (Å²) >= 11 is 7.40. The Labute approximate surface area is 104 Å². The van der Waals surface area contributed by atoms with Gasteiger partial charge < -0.3 is 0 Å². The largest absolute Gasteiger partial charge is 0.0875 e. The van der Waals surface area contributed by atoms with Crippen LogP contribution in [0.4, 0.5) is 0 Å². The first-order valence-corrected chi connectivity index (χ1v) is 7.25. The van der Waals surface area contributed by atoms with Crippen LogP contribution in [0.3, 0.4) is 0 Å². The Bertz CT molecular complexity index is 196. The minimum atomic E-state index is 0.464. The molecule has 0 aliphatic heterocycles. The number of alkyl halides is 2. The van der Waals surface area contributed by atoms with E-state index in [2.05, 4.69) is 56.2 Å². The monoisotopic (exact) mass is 320 g/mol. The summed E-state index contributed by atoms with van der Waals surface area (Å²) in [5.41, 5.74) is 0. The van der Waals surface area contributed by atoms with Gasteiger partial charge in [-0.3, -0.25) is 0 Å². The zero-order valence-corrected chi connectivity index (χ0v) is 11.6. The van der Waals surface area contributed by atoms with Gasteiger partial charge in [-0.05, 0) is 19.3 Å². The summed E-state index contributed by atoms with van der Waals surface area (Å²) < 4.78 is 0. The lowest BCUT2D eigenvalue weighted by atomic mass is 10.1. The first-order valence-electron chi connectivity index (χ1n) is 5.42. The van der Waals surface area contributed by atoms with Crippen LogP contribution in [0.25, 0.3) is 0 Å². The minimum Gasteiger partial charge on any atom is -0.0875 e. The van der Waals surface area contributed by atoms with Gasteiger partial charge in [0.2, 0.25) is 0 Å². The third kappa shape index (κ3) is 5.35. The van der Waals surface area contributed by atoms with Crippen LogP contribution < -0.4 is 0 Å². The summed E-state index contributed by atoms with van der Waals surface area (Å²) in [5, 5.41) is 0. The summed E-state index contributed by atoms with van der Waals surface area (Å²) in [7, 11) is 0. The second kappa shape index (κ2) is 7.70. The molecule has 2 atom stereocenters. The fourth-order valence-electron chi connectivity index (χ4n) is 1.58. The fraction of sp³-hybridized carbons (Fsp3) is 0.667. The Morgan fingerprint density at radius 3 is 2.57 bits per heavy atom. The van der Waals surface area contributed by atoms with Crippen molar-refractivity contribution in [3.05, 3.63) is 24.3 Å². The standard InChI is InChI=1S/C12H18Br2/c13-11-9-7-5-3-1-2-4-6-8-10-12(11)14/h3,5,7,9,11-12H,1-2,4,6,8,10H2. The van der Waals surface area contributed by atoms with E-state index in [1.165, 1.54) is 38.5 Å². The molecular formula is C12H18Br2. The van der Waals surface area contributed by atoms with Crippen LogP contribution in [-0.4, -0.2) is 9.65 Å². The van der Waals surface area contributed by atoms with E-state index < -0.39 is 0 Å². The van der Waals surface area contributed by atoms with Gasteiger partial charge in [0.1, 0.15) is 0 Å². The molecule has 0 saturated carbocycles. The smallest absolute Gasteiger partial charge is 0.0453 e. The third-order valence-corrected chi connectivity index (χ3v) is 5.17. The zero-order valence-electron chi connectivity index (χ0n) is 8.46. The summed E-state index contributed by atoms with van der Waals surface area (Å²) in [6.07, 6.45) is 16.7. The molecule has 0 nitrogen and oxygen atoms in total. The van der Waals surface area contributed by atoms with Crippen molar-refractivity contribution in [2.45, 2.75) is 48.2 Å². The van der Waals surface area contributed by atoms with Gasteiger partial charge in [-0.2, -0.15) is 0 Å². The molecular weight excluding hydrogens is 304 g/mol. The van der Waals surface area contributed by atoms with Gasteiger partial charge in [-0.1, -0.05) is 75.4 Å². The molecule has 0 spiro atoms. The first kappa shape index (κ1) is 12.5. The SMILES string of the molecule is BrC1C=CC=CCCCCCCC1Br. The van der Waals surface area contributed by atoms with E-state index >= 15 is 0 Å². The predicted molar refractivity (Wildman–Crippen MR) is 71.4 cm³/mol. The fourth-order valence-corrected chi connectivity index (χ4v) is 2.52. The Balaban J connectivity index is 2.45. The molecule has 1 aliphatic rings. The molecule has 80 valence electrons. The lowest BCUT2D eigenvalue weighted by Crippen LogP contribution is -2.10. The highest BCUT2D eigenvalue weighted by atomic mass is 79.9. The molecule has 14 heavy (non-hydrogen) atoms. The van der Waals surface area contributed by atoms with E-state index in [0.717, 1.165) is 0 Å². The van der Waals surface area contributed by atoms with Crippen LogP contribution in [0.2, 0.25) is 0 Å². The molecule has 0 fully saturated rings. The highest BCUT2D eigenvalue weighted by molar-refractivity contribution is 9.12. The van der Waals surface area contributed by atoms with Crippen LogP contribution in [0, 0.1) is 0 Å². The first-order chi connectivity index (χ1) is 6.80. The van der Waals surface area contributed by atoms with Crippen molar-refractivity contribution < 1.29 is 0 Å². The highest BCUT2D eigenvalue weighted by Gasteiger charge is 2.11. The molecule has 0 aromatic heterocycles. The molecule has 0 amide bonds. The van der Waals surface area contributed by atoms with Crippen LogP contribution in [-0.2, 0) is 0 Å². The van der Waals surface area contributed by atoms with Crippen molar-refractivity contribution in [1.82, 2.24) is 0 Å². The average molecular weight is 322 g/mol. The Hall–Kier alpha value is 0.440. The quantitative estimate of drug-likeness (QED) is 0.552. The van der Waals surface area contributed by atoms with E-state index in [-0.39, 0.29) is 0 Å². The van der Waals surface area contributed by atoms with Gasteiger partial charge in [0, 0.05) is 9.65 Å². The zero-order chi connectivity index (χ0) is 10.2. The van der Waals surface area contributed by atoms with Gasteiger partial charge in [-0.25, -0.2) is 0 Å². The number of rotatable bonds is 0. The molecule has 0 radical (unpaired) electrons. The van der Waals surface area contributed by atoms with E-state index in [1.54, 1.807) is 0 Å². The molecule has 0 aromatic rings. The van der Waals surface area contributed by atoms with Crippen LogP contribution >= 0.6 is 31.9 Å². The van der Waals surface area contributed by atoms with Gasteiger partial charge in [0.25, 0.3) is 0 Å². The molecule has 0 heterocycles. The van der Waals surface area contributed by atoms with Crippen molar-refractivity contribution in [3.63, 3.8) is 0 Å². The van der Waals surface area contributed by atoms with Crippen molar-refractivity contribution in [2.24, 2.45) is 0 Å². The normalized spacial score (nSPS) is 30.7. The summed E-state index contributed by atoms with van der Waals surface area (Å²) in [5.74, 6) is 0. The van der Waals surface area contributed by atoms with E-state index in [1.807, 2.05) is 0 Å². The van der Waals surface area contributed by atoms with Gasteiger partial charge in [0.05, 0.1) is 0 Å². The molecule has 2 heteroatoms. The Morgan fingerprint density at radius 2 is 1.71 bits per heavy atom. The molecule has 1 aliphatic carbocycles. The van der Waals surface area contributed by atoms with E-state index in [4.69, 9.17) is 0 Å². The maximum atomic E-state index is 3.72. The maximum absolute atomic E-state index is 3.72. The second-order valence-electron chi connectivity index (χ2n) is 3.77. The van der Waals surface area contributed by atoms with E-state index in [9.17, 15) is 0 Å². The molecule has 0 N–H and O–H groups in total. The van der Waals surface area contributed by atoms with Gasteiger partial charge >= 0.3 is 0 Å². The van der Waals surface area contributed by atoms with Crippen LogP contribution in [0.5, 0.6) is 0 Å². The molecule has 1 rings (SSSR count).